The minimum absolute atomic E-state index is 0.170. The highest BCUT2D eigenvalue weighted by Crippen LogP contribution is 2.25. The number of nitrogens with zero attached hydrogens (tertiary/aromatic N) is 1. The van der Waals surface area contributed by atoms with E-state index in [-0.39, 0.29) is 10.8 Å². The zero-order chi connectivity index (χ0) is 18.7. The molecule has 0 aromatic heterocycles. The molecule has 1 fully saturated rings. The highest BCUT2D eigenvalue weighted by Gasteiger charge is 2.51. The lowest BCUT2D eigenvalue weighted by Crippen LogP contribution is -2.68. The summed E-state index contributed by atoms with van der Waals surface area (Å²) in [4.78, 5) is 47.9. The summed E-state index contributed by atoms with van der Waals surface area (Å²) in [6.07, 6.45) is 0. The van der Waals surface area contributed by atoms with Crippen molar-refractivity contribution in [3.05, 3.63) is 46.6 Å². The number of likely N-dealkylation sites (tertiary alicyclic amines) is 1. The molecular formula is C15H14ClN3O5S. The summed E-state index contributed by atoms with van der Waals surface area (Å²) in [7, 11) is 0. The molecule has 1 aromatic rings. The molecule has 0 spiro atoms. The number of carboxylic acids is 1. The van der Waals surface area contributed by atoms with Crippen LogP contribution in [-0.4, -0.2) is 45.5 Å². The van der Waals surface area contributed by atoms with Crippen LogP contribution in [0.3, 0.4) is 0 Å². The van der Waals surface area contributed by atoms with Gasteiger partial charge in [0.05, 0.1) is 5.03 Å². The molecule has 0 unspecified atom stereocenters. The topological polar surface area (TPSA) is 130 Å². The Morgan fingerprint density at radius 3 is 2.32 bits per heavy atom. The molecule has 1 heterocycles. The number of nitrogens with two attached hydrogens (primary N) is 1. The van der Waals surface area contributed by atoms with Crippen LogP contribution in [0.1, 0.15) is 11.6 Å². The van der Waals surface area contributed by atoms with Crippen LogP contribution in [0.5, 0.6) is 0 Å². The Balaban J connectivity index is 2.12. The number of amides is 3. The number of benzene rings is 1. The molecule has 0 aliphatic carbocycles. The van der Waals surface area contributed by atoms with E-state index in [0.717, 1.165) is 0 Å². The highest BCUT2D eigenvalue weighted by molar-refractivity contribution is 7.80. The van der Waals surface area contributed by atoms with E-state index in [9.17, 15) is 19.2 Å². The van der Waals surface area contributed by atoms with Crippen LogP contribution >= 0.6 is 24.2 Å². The first kappa shape index (κ1) is 19.0. The van der Waals surface area contributed by atoms with E-state index in [1.807, 2.05) is 0 Å². The van der Waals surface area contributed by atoms with E-state index in [2.05, 4.69) is 17.9 Å². The van der Waals surface area contributed by atoms with Crippen molar-refractivity contribution in [1.29, 1.82) is 0 Å². The van der Waals surface area contributed by atoms with Gasteiger partial charge in [-0.15, -0.1) is 0 Å². The second-order valence-electron chi connectivity index (χ2n) is 5.06. The Hall–Kier alpha value is -2.36. The van der Waals surface area contributed by atoms with Crippen molar-refractivity contribution < 1.29 is 24.3 Å². The van der Waals surface area contributed by atoms with Crippen LogP contribution in [0.15, 0.2) is 41.1 Å². The molecule has 0 bridgehead atoms. The molecule has 1 aromatic carbocycles. The first-order valence-electron chi connectivity index (χ1n) is 7.01. The van der Waals surface area contributed by atoms with Crippen LogP contribution in [0.2, 0.25) is 0 Å². The number of rotatable bonds is 6. The van der Waals surface area contributed by atoms with Gasteiger partial charge >= 0.3 is 5.97 Å². The molecular weight excluding hydrogens is 370 g/mol. The number of thiol groups is 1. The van der Waals surface area contributed by atoms with Crippen molar-refractivity contribution in [3.63, 3.8) is 0 Å². The number of halogens is 1. The van der Waals surface area contributed by atoms with Gasteiger partial charge in [-0.05, 0) is 5.56 Å². The van der Waals surface area contributed by atoms with Gasteiger partial charge in [-0.1, -0.05) is 41.9 Å². The second kappa shape index (κ2) is 7.68. The number of hydrogen-bond donors (Lipinski definition) is 4. The lowest BCUT2D eigenvalue weighted by molar-refractivity contribution is -0.163. The number of carbonyl (C=O) groups is 4. The molecule has 4 N–H and O–H groups in total. The minimum Gasteiger partial charge on any atom is -0.477 e. The molecule has 2 rings (SSSR count). The lowest BCUT2D eigenvalue weighted by atomic mass is 10.0. The van der Waals surface area contributed by atoms with E-state index in [0.29, 0.717) is 10.5 Å². The quantitative estimate of drug-likeness (QED) is 0.237. The summed E-state index contributed by atoms with van der Waals surface area (Å²) < 4.78 is 0. The van der Waals surface area contributed by atoms with E-state index in [1.54, 1.807) is 30.3 Å². The number of aliphatic carboxylic acids is 1. The van der Waals surface area contributed by atoms with Gasteiger partial charge in [-0.3, -0.25) is 14.4 Å². The fourth-order valence-corrected chi connectivity index (χ4v) is 2.52. The predicted octanol–water partition coefficient (Wildman–Crippen LogP) is 0.00480. The fraction of sp³-hybridized carbons (Fsp3) is 0.200. The summed E-state index contributed by atoms with van der Waals surface area (Å²) in [5, 5.41) is 11.1. The molecule has 25 heavy (non-hydrogen) atoms. The molecule has 1 aliphatic rings. The molecule has 0 radical (unpaired) electrons. The van der Waals surface area contributed by atoms with Crippen molar-refractivity contribution in [1.82, 2.24) is 10.2 Å². The number of hydrogen-bond acceptors (Lipinski definition) is 6. The van der Waals surface area contributed by atoms with Gasteiger partial charge in [0.25, 0.3) is 11.8 Å². The first-order valence-corrected chi connectivity index (χ1v) is 8.02. The average molecular weight is 384 g/mol. The maximum absolute atomic E-state index is 12.1. The third-order valence-corrected chi connectivity index (χ3v) is 4.30. The van der Waals surface area contributed by atoms with Gasteiger partial charge in [0.1, 0.15) is 6.04 Å². The van der Waals surface area contributed by atoms with Gasteiger partial charge in [0.15, 0.2) is 11.7 Å². The summed E-state index contributed by atoms with van der Waals surface area (Å²) >= 11 is 9.54. The Morgan fingerprint density at radius 2 is 1.84 bits per heavy atom. The van der Waals surface area contributed by atoms with Crippen LogP contribution in [-0.2, 0) is 19.2 Å². The fourth-order valence-electron chi connectivity index (χ4n) is 2.20. The summed E-state index contributed by atoms with van der Waals surface area (Å²) in [5.74, 6) is -4.27. The standard InChI is InChI=1S/C15H14ClN3O5S/c16-8(6-25)11(15(23)24)19-13(21)10(14(19)22)18-12(20)9(17)7-4-2-1-3-5-7/h1-5,9-10,25H,6,17H2,(H,18,20)(H,23,24)/t9-/m1/s1. The Kier molecular flexibility index (Phi) is 5.83. The number of imide groups is 1. The van der Waals surface area contributed by atoms with Crippen molar-refractivity contribution in [2.45, 2.75) is 12.1 Å². The zero-order valence-corrected chi connectivity index (χ0v) is 14.3. The maximum atomic E-state index is 12.1. The molecule has 132 valence electrons. The normalized spacial score (nSPS) is 16.8. The molecule has 1 aliphatic heterocycles. The highest BCUT2D eigenvalue weighted by atomic mass is 35.5. The van der Waals surface area contributed by atoms with Crippen molar-refractivity contribution in [2.24, 2.45) is 5.73 Å². The van der Waals surface area contributed by atoms with Crippen molar-refractivity contribution >= 4 is 47.9 Å². The third-order valence-electron chi connectivity index (χ3n) is 3.48. The van der Waals surface area contributed by atoms with E-state index in [4.69, 9.17) is 22.4 Å². The number of nitrogens with one attached hydrogen (secondary N) is 1. The molecule has 1 saturated heterocycles. The minimum atomic E-state index is -1.55. The van der Waals surface area contributed by atoms with Crippen molar-refractivity contribution in [3.8, 4) is 0 Å². The van der Waals surface area contributed by atoms with E-state index < -0.39 is 41.5 Å². The number of carboxylic acid groups (broad SMARTS) is 1. The largest absolute Gasteiger partial charge is 0.477 e. The third kappa shape index (κ3) is 3.68. The molecule has 8 nitrogen and oxygen atoms in total. The Morgan fingerprint density at radius 1 is 1.28 bits per heavy atom. The smallest absolute Gasteiger partial charge is 0.354 e. The summed E-state index contributed by atoms with van der Waals surface area (Å²) in [6, 6.07) is 5.79. The van der Waals surface area contributed by atoms with Crippen molar-refractivity contribution in [2.75, 3.05) is 5.75 Å². The van der Waals surface area contributed by atoms with E-state index >= 15 is 0 Å². The second-order valence-corrected chi connectivity index (χ2v) is 5.83. The molecule has 1 atom stereocenters. The average Bonchev–Trinajstić information content (AvgIpc) is 2.62. The first-order chi connectivity index (χ1) is 11.8. The van der Waals surface area contributed by atoms with Gasteiger partial charge in [0.2, 0.25) is 5.91 Å². The Bertz CT molecular complexity index is 752. The van der Waals surface area contributed by atoms with Crippen LogP contribution in [0.4, 0.5) is 0 Å². The van der Waals surface area contributed by atoms with E-state index in [1.165, 1.54) is 0 Å². The van der Waals surface area contributed by atoms with Crippen LogP contribution < -0.4 is 11.1 Å². The Labute approximate surface area is 153 Å². The molecule has 10 heteroatoms. The van der Waals surface area contributed by atoms with Crippen LogP contribution in [0.25, 0.3) is 0 Å². The van der Waals surface area contributed by atoms with Gasteiger partial charge in [-0.2, -0.15) is 12.6 Å². The van der Waals surface area contributed by atoms with Gasteiger partial charge in [0, 0.05) is 5.75 Å². The SMILES string of the molecule is N[C@@H](C(=O)NC1C(=O)N(C(C(=O)O)=C(Cl)CS)C1=O)c1ccccc1. The van der Waals surface area contributed by atoms with Gasteiger partial charge < -0.3 is 16.2 Å². The zero-order valence-electron chi connectivity index (χ0n) is 12.7. The lowest BCUT2D eigenvalue weighted by Gasteiger charge is -2.36. The predicted molar refractivity (Wildman–Crippen MR) is 91.5 cm³/mol. The number of β-lactam (4-membered cyclic amide) rings is 2. The molecule has 0 saturated carbocycles. The summed E-state index contributed by atoms with van der Waals surface area (Å²) in [6.45, 7) is 0. The molecule has 3 amide bonds. The summed E-state index contributed by atoms with van der Waals surface area (Å²) in [5.41, 5.74) is 5.61. The number of carbonyl (C=O) groups excluding carboxylic acids is 3. The van der Waals surface area contributed by atoms with Crippen LogP contribution in [0, 0.1) is 0 Å². The maximum Gasteiger partial charge on any atom is 0.354 e. The van der Waals surface area contributed by atoms with Gasteiger partial charge in [-0.25, -0.2) is 9.69 Å². The monoisotopic (exact) mass is 383 g/mol.